The van der Waals surface area contributed by atoms with Gasteiger partial charge >= 0.3 is 12.1 Å². The van der Waals surface area contributed by atoms with Gasteiger partial charge in [0, 0.05) is 17.8 Å². The van der Waals surface area contributed by atoms with E-state index in [1.54, 1.807) is 6.07 Å². The second-order valence-corrected chi connectivity index (χ2v) is 6.27. The maximum absolute atomic E-state index is 12.5. The summed E-state index contributed by atoms with van der Waals surface area (Å²) in [6.07, 6.45) is -3.04. The molecule has 1 aromatic carbocycles. The summed E-state index contributed by atoms with van der Waals surface area (Å²) in [5, 5.41) is 0. The van der Waals surface area contributed by atoms with Gasteiger partial charge in [-0.1, -0.05) is 29.3 Å². The molecule has 1 aliphatic rings. The van der Waals surface area contributed by atoms with Crippen molar-refractivity contribution in [3.63, 3.8) is 0 Å². The average molecular weight is 378 g/mol. The molecule has 22 heavy (non-hydrogen) atoms. The Hall–Kier alpha value is -1.37. The Balaban J connectivity index is 2.24. The number of halogens is 4. The van der Waals surface area contributed by atoms with Crippen LogP contribution < -0.4 is 4.90 Å². The summed E-state index contributed by atoms with van der Waals surface area (Å²) < 4.78 is 37.6. The fourth-order valence-electron chi connectivity index (χ4n) is 2.48. The van der Waals surface area contributed by atoms with Gasteiger partial charge in [-0.05, 0) is 36.6 Å². The minimum atomic E-state index is -4.89. The fourth-order valence-corrected chi connectivity index (χ4v) is 3.21. The molecule has 1 atom stereocenters. The second-order valence-electron chi connectivity index (χ2n) is 5.17. The third-order valence-electron chi connectivity index (χ3n) is 3.57. The van der Waals surface area contributed by atoms with E-state index < -0.39 is 12.1 Å². The Morgan fingerprint density at radius 2 is 2.05 bits per heavy atom. The van der Waals surface area contributed by atoms with E-state index in [-0.39, 0.29) is 22.8 Å². The van der Waals surface area contributed by atoms with Gasteiger partial charge in [0.2, 0.25) is 0 Å². The van der Waals surface area contributed by atoms with E-state index in [1.807, 2.05) is 6.92 Å². The maximum atomic E-state index is 12.5. The molecule has 0 aliphatic carbocycles. The van der Waals surface area contributed by atoms with Crippen LogP contribution in [0, 0.1) is 0 Å². The number of nitrogens with zero attached hydrogens (tertiary/aromatic N) is 1. The number of anilines is 1. The van der Waals surface area contributed by atoms with Crippen molar-refractivity contribution in [3.8, 4) is 0 Å². The Morgan fingerprint density at radius 1 is 1.36 bits per heavy atom. The number of benzene rings is 1. The van der Waals surface area contributed by atoms with E-state index in [1.165, 1.54) is 12.1 Å². The summed E-state index contributed by atoms with van der Waals surface area (Å²) in [6, 6.07) is 4.49. The molecule has 1 amide bonds. The van der Waals surface area contributed by atoms with Gasteiger partial charge in [0.05, 0.1) is 4.83 Å². The number of carbonyl (C=O) groups is 2. The van der Waals surface area contributed by atoms with Gasteiger partial charge < -0.3 is 4.90 Å². The Morgan fingerprint density at radius 3 is 2.64 bits per heavy atom. The lowest BCUT2D eigenvalue weighted by Gasteiger charge is -2.19. The summed E-state index contributed by atoms with van der Waals surface area (Å²) in [7, 11) is 0. The second kappa shape index (κ2) is 6.40. The van der Waals surface area contributed by atoms with E-state index in [9.17, 15) is 22.8 Å². The molecule has 1 heterocycles. The lowest BCUT2D eigenvalue weighted by atomic mass is 10.0. The van der Waals surface area contributed by atoms with Crippen LogP contribution in [0.15, 0.2) is 18.2 Å². The zero-order valence-electron chi connectivity index (χ0n) is 11.9. The first-order valence-corrected chi connectivity index (χ1v) is 7.87. The van der Waals surface area contributed by atoms with E-state index in [4.69, 9.17) is 0 Å². The van der Waals surface area contributed by atoms with Crippen molar-refractivity contribution in [1.82, 2.24) is 0 Å². The van der Waals surface area contributed by atoms with Crippen molar-refractivity contribution in [2.75, 3.05) is 11.4 Å². The number of fused-ring (bicyclic) bond motifs is 1. The van der Waals surface area contributed by atoms with Crippen LogP contribution in [0.5, 0.6) is 0 Å². The molecule has 0 fully saturated rings. The van der Waals surface area contributed by atoms with Crippen LogP contribution in [0.1, 0.15) is 35.7 Å². The van der Waals surface area contributed by atoms with E-state index in [2.05, 4.69) is 15.9 Å². The Labute approximate surface area is 134 Å². The summed E-state index contributed by atoms with van der Waals surface area (Å²) in [6.45, 7) is 1.95. The molecule has 1 unspecified atom stereocenters. The Bertz CT molecular complexity index is 601. The zero-order chi connectivity index (χ0) is 16.5. The number of rotatable bonds is 4. The highest BCUT2D eigenvalue weighted by atomic mass is 79.9. The molecule has 0 N–H and O–H groups in total. The van der Waals surface area contributed by atoms with Crippen molar-refractivity contribution in [1.29, 1.82) is 0 Å². The van der Waals surface area contributed by atoms with Gasteiger partial charge in [0.1, 0.15) is 0 Å². The third-order valence-corrected chi connectivity index (χ3v) is 4.45. The van der Waals surface area contributed by atoms with Crippen LogP contribution in [0.3, 0.4) is 0 Å². The Kier molecular flexibility index (Phi) is 4.94. The first-order chi connectivity index (χ1) is 10.3. The normalized spacial score (nSPS) is 15.6. The lowest BCUT2D eigenvalue weighted by molar-refractivity contribution is -0.170. The molecule has 0 aromatic heterocycles. The van der Waals surface area contributed by atoms with Gasteiger partial charge in [-0.25, -0.2) is 0 Å². The predicted molar refractivity (Wildman–Crippen MR) is 80.5 cm³/mol. The first kappa shape index (κ1) is 17.0. The number of hydrogen-bond donors (Lipinski definition) is 0. The number of hydrogen-bond acceptors (Lipinski definition) is 2. The van der Waals surface area contributed by atoms with Crippen LogP contribution in [0.2, 0.25) is 0 Å². The summed E-state index contributed by atoms with van der Waals surface area (Å²) in [5.74, 6) is -1.96. The quantitative estimate of drug-likeness (QED) is 0.589. The smallest absolute Gasteiger partial charge is 0.304 e. The van der Waals surface area contributed by atoms with E-state index in [0.717, 1.165) is 11.3 Å². The highest BCUT2D eigenvalue weighted by molar-refractivity contribution is 9.10. The van der Waals surface area contributed by atoms with Crippen molar-refractivity contribution in [3.05, 3.63) is 29.3 Å². The summed E-state index contributed by atoms with van der Waals surface area (Å²) >= 11 is 3.32. The minimum absolute atomic E-state index is 0.0159. The molecule has 1 aromatic rings. The summed E-state index contributed by atoms with van der Waals surface area (Å²) in [4.78, 5) is 24.0. The highest BCUT2D eigenvalue weighted by Gasteiger charge is 2.44. The van der Waals surface area contributed by atoms with Crippen LogP contribution in [0.4, 0.5) is 18.9 Å². The first-order valence-electron chi connectivity index (χ1n) is 6.95. The van der Waals surface area contributed by atoms with E-state index in [0.29, 0.717) is 24.0 Å². The molecule has 2 rings (SSSR count). The minimum Gasteiger partial charge on any atom is -0.304 e. The molecule has 3 nitrogen and oxygen atoms in total. The third kappa shape index (κ3) is 3.34. The van der Waals surface area contributed by atoms with Crippen LogP contribution in [-0.2, 0) is 11.2 Å². The van der Waals surface area contributed by atoms with Gasteiger partial charge in [0.25, 0.3) is 0 Å². The van der Waals surface area contributed by atoms with Gasteiger partial charge in [0.15, 0.2) is 5.78 Å². The number of carbonyl (C=O) groups excluding carboxylic acids is 2. The fraction of sp³-hybridized carbons (Fsp3) is 0.467. The van der Waals surface area contributed by atoms with E-state index >= 15 is 0 Å². The van der Waals surface area contributed by atoms with Crippen molar-refractivity contribution < 1.29 is 22.8 Å². The standard InChI is InChI=1S/C15H15BrF3NO2/c1-2-3-11(16)13(21)10-4-5-12-9(8-10)6-7-20(12)14(22)15(17,18)19/h4-5,8,11H,2-3,6-7H2,1H3. The molecular weight excluding hydrogens is 363 g/mol. The molecule has 0 saturated heterocycles. The highest BCUT2D eigenvalue weighted by Crippen LogP contribution is 2.33. The predicted octanol–water partition coefficient (Wildman–Crippen LogP) is 3.88. The summed E-state index contributed by atoms with van der Waals surface area (Å²) in [5.41, 5.74) is 1.29. The van der Waals surface area contributed by atoms with Crippen LogP contribution in [0.25, 0.3) is 0 Å². The largest absolute Gasteiger partial charge is 0.471 e. The molecule has 0 spiro atoms. The number of Topliss-reactive ketones (excluding diaryl/α,β-unsaturated/α-hetero) is 1. The number of alkyl halides is 4. The molecule has 120 valence electrons. The SMILES string of the molecule is CCCC(Br)C(=O)c1ccc2c(c1)CCN2C(=O)C(F)(F)F. The van der Waals surface area contributed by atoms with Crippen molar-refractivity contribution in [2.24, 2.45) is 0 Å². The molecule has 0 radical (unpaired) electrons. The lowest BCUT2D eigenvalue weighted by Crippen LogP contribution is -2.40. The molecule has 0 bridgehead atoms. The van der Waals surface area contributed by atoms with Gasteiger partial charge in [-0.3, -0.25) is 9.59 Å². The zero-order valence-corrected chi connectivity index (χ0v) is 13.5. The maximum Gasteiger partial charge on any atom is 0.471 e. The van der Waals surface area contributed by atoms with Crippen molar-refractivity contribution in [2.45, 2.75) is 37.2 Å². The molecule has 1 aliphatic heterocycles. The van der Waals surface area contributed by atoms with Gasteiger partial charge in [-0.2, -0.15) is 13.2 Å². The number of ketones is 1. The molecule has 0 saturated carbocycles. The molecule has 7 heteroatoms. The topological polar surface area (TPSA) is 37.4 Å². The monoisotopic (exact) mass is 377 g/mol. The van der Waals surface area contributed by atoms with Gasteiger partial charge in [-0.15, -0.1) is 0 Å². The van der Waals surface area contributed by atoms with Crippen LogP contribution >= 0.6 is 15.9 Å². The van der Waals surface area contributed by atoms with Crippen molar-refractivity contribution >= 4 is 33.3 Å². The number of amides is 1. The molecular formula is C15H15BrF3NO2. The van der Waals surface area contributed by atoms with Crippen LogP contribution in [-0.4, -0.2) is 29.2 Å². The average Bonchev–Trinajstić information content (AvgIpc) is 2.87.